The Bertz CT molecular complexity index is 899. The molecule has 1 atom stereocenters. The molecule has 0 fully saturated rings. The van der Waals surface area contributed by atoms with Crippen molar-refractivity contribution in [2.75, 3.05) is 14.1 Å². The summed E-state index contributed by atoms with van der Waals surface area (Å²) < 4.78 is 1.82. The van der Waals surface area contributed by atoms with Gasteiger partial charge in [-0.25, -0.2) is 4.98 Å². The van der Waals surface area contributed by atoms with Crippen LogP contribution < -0.4 is 5.73 Å². The van der Waals surface area contributed by atoms with Crippen molar-refractivity contribution < 1.29 is 4.79 Å². The molecule has 0 spiro atoms. The fourth-order valence-electron chi connectivity index (χ4n) is 3.02. The van der Waals surface area contributed by atoms with Gasteiger partial charge in [-0.2, -0.15) is 0 Å². The van der Waals surface area contributed by atoms with Crippen LogP contribution in [0.4, 0.5) is 0 Å². The highest BCUT2D eigenvalue weighted by molar-refractivity contribution is 5.81. The molecule has 1 amide bonds. The fraction of sp³-hybridized carbons (Fsp3) is 0.238. The van der Waals surface area contributed by atoms with Crippen molar-refractivity contribution in [3.8, 4) is 22.5 Å². The summed E-state index contributed by atoms with van der Waals surface area (Å²) in [5, 5.41) is 0. The van der Waals surface area contributed by atoms with Crippen LogP contribution in [0.25, 0.3) is 22.5 Å². The Balaban J connectivity index is 2.15. The molecule has 0 radical (unpaired) electrons. The lowest BCUT2D eigenvalue weighted by Gasteiger charge is -2.21. The summed E-state index contributed by atoms with van der Waals surface area (Å²) in [6, 6.07) is 18.6. The molecule has 0 aliphatic carbocycles. The molecular weight excluding hydrogens is 324 g/mol. The third-order valence-corrected chi connectivity index (χ3v) is 4.63. The molecule has 5 nitrogen and oxygen atoms in total. The summed E-state index contributed by atoms with van der Waals surface area (Å²) in [7, 11) is 4.12. The maximum absolute atomic E-state index is 11.5. The van der Waals surface area contributed by atoms with E-state index in [0.29, 0.717) is 0 Å². The number of benzene rings is 2. The maximum Gasteiger partial charge on any atom is 0.237 e. The number of hydrogen-bond donors (Lipinski definition) is 1. The molecule has 0 saturated carbocycles. The number of nitrogens with two attached hydrogens (primary N) is 1. The van der Waals surface area contributed by atoms with Gasteiger partial charge in [0.2, 0.25) is 5.91 Å². The highest BCUT2D eigenvalue weighted by atomic mass is 16.1. The normalized spacial score (nSPS) is 12.3. The zero-order valence-electron chi connectivity index (χ0n) is 15.4. The first-order valence-corrected chi connectivity index (χ1v) is 8.63. The van der Waals surface area contributed by atoms with Gasteiger partial charge in [0.15, 0.2) is 0 Å². The van der Waals surface area contributed by atoms with Crippen molar-refractivity contribution in [2.45, 2.75) is 19.5 Å². The van der Waals surface area contributed by atoms with Crippen LogP contribution in [0.2, 0.25) is 0 Å². The lowest BCUT2D eigenvalue weighted by atomic mass is 10.00. The van der Waals surface area contributed by atoms with E-state index in [1.165, 1.54) is 5.56 Å². The molecule has 26 heavy (non-hydrogen) atoms. The lowest BCUT2D eigenvalue weighted by molar-refractivity contribution is -0.118. The Morgan fingerprint density at radius 3 is 2.46 bits per heavy atom. The van der Waals surface area contributed by atoms with Gasteiger partial charge in [0.05, 0.1) is 17.7 Å². The summed E-state index contributed by atoms with van der Waals surface area (Å²) in [5.74, 6) is -0.388. The van der Waals surface area contributed by atoms with Gasteiger partial charge >= 0.3 is 0 Å². The monoisotopic (exact) mass is 348 g/mol. The average molecular weight is 348 g/mol. The highest BCUT2D eigenvalue weighted by Crippen LogP contribution is 2.33. The summed E-state index contributed by atoms with van der Waals surface area (Å²) in [6.45, 7) is 2.26. The minimum absolute atomic E-state index is 0.0998. The van der Waals surface area contributed by atoms with Crippen LogP contribution in [0.3, 0.4) is 0 Å². The smallest absolute Gasteiger partial charge is 0.237 e. The number of aromatic nitrogens is 2. The number of carbonyl (C=O) groups excluding carboxylic acids is 1. The van der Waals surface area contributed by atoms with Crippen molar-refractivity contribution in [3.05, 3.63) is 66.5 Å². The molecule has 0 unspecified atom stereocenters. The Hall–Kier alpha value is -2.92. The molecule has 3 rings (SSSR count). The summed E-state index contributed by atoms with van der Waals surface area (Å²) in [6.07, 6.45) is 1.68. The molecule has 3 aromatic rings. The van der Waals surface area contributed by atoms with E-state index in [1.54, 1.807) is 6.33 Å². The van der Waals surface area contributed by atoms with Gasteiger partial charge in [-0.05, 0) is 32.6 Å². The highest BCUT2D eigenvalue weighted by Gasteiger charge is 2.17. The molecule has 0 bridgehead atoms. The molecular formula is C21H24N4O. The van der Waals surface area contributed by atoms with Crippen LogP contribution >= 0.6 is 0 Å². The first-order valence-electron chi connectivity index (χ1n) is 8.63. The number of imidazole rings is 1. The van der Waals surface area contributed by atoms with Crippen LogP contribution in [-0.4, -0.2) is 34.5 Å². The van der Waals surface area contributed by atoms with Crippen molar-refractivity contribution in [1.82, 2.24) is 14.5 Å². The SMILES string of the molecule is C[C@H](c1cccc(-c2c(-c3ccccc3)ncn2CC(N)=O)c1)N(C)C. The van der Waals surface area contributed by atoms with Crippen molar-refractivity contribution in [2.24, 2.45) is 5.73 Å². The zero-order chi connectivity index (χ0) is 18.7. The molecule has 2 N–H and O–H groups in total. The van der Waals surface area contributed by atoms with Gasteiger partial charge in [-0.3, -0.25) is 4.79 Å². The van der Waals surface area contributed by atoms with E-state index < -0.39 is 0 Å². The third-order valence-electron chi connectivity index (χ3n) is 4.63. The molecule has 0 saturated heterocycles. The lowest BCUT2D eigenvalue weighted by Crippen LogP contribution is -2.19. The van der Waals surface area contributed by atoms with Crippen molar-refractivity contribution >= 4 is 5.91 Å². The van der Waals surface area contributed by atoms with Crippen molar-refractivity contribution in [3.63, 3.8) is 0 Å². The summed E-state index contributed by atoms with van der Waals surface area (Å²) in [4.78, 5) is 18.3. The topological polar surface area (TPSA) is 64.2 Å². The maximum atomic E-state index is 11.5. The van der Waals surface area contributed by atoms with Gasteiger partial charge in [0.25, 0.3) is 0 Å². The zero-order valence-corrected chi connectivity index (χ0v) is 15.4. The minimum Gasteiger partial charge on any atom is -0.368 e. The van der Waals surface area contributed by atoms with Crippen LogP contribution in [0.1, 0.15) is 18.5 Å². The number of amides is 1. The predicted molar refractivity (Wildman–Crippen MR) is 104 cm³/mol. The molecule has 1 aromatic heterocycles. The first-order chi connectivity index (χ1) is 12.5. The van der Waals surface area contributed by atoms with Gasteiger partial charge < -0.3 is 15.2 Å². The number of hydrogen-bond acceptors (Lipinski definition) is 3. The van der Waals surface area contributed by atoms with Crippen LogP contribution in [0.15, 0.2) is 60.9 Å². The average Bonchev–Trinajstić information content (AvgIpc) is 3.04. The van der Waals surface area contributed by atoms with Gasteiger partial charge in [0, 0.05) is 17.2 Å². The second kappa shape index (κ2) is 7.54. The standard InChI is InChI=1S/C21H24N4O/c1-15(24(2)3)17-10-7-11-18(12-17)21-20(16-8-5-4-6-9-16)23-14-25(21)13-19(22)26/h4-12,14-15H,13H2,1-3H3,(H2,22,26)/t15-/m1/s1. The first kappa shape index (κ1) is 17.9. The van der Waals surface area contributed by atoms with Crippen LogP contribution in [0, 0.1) is 0 Å². The molecule has 2 aromatic carbocycles. The minimum atomic E-state index is -0.388. The number of rotatable bonds is 6. The number of carbonyl (C=O) groups is 1. The molecule has 134 valence electrons. The summed E-state index contributed by atoms with van der Waals surface area (Å²) >= 11 is 0. The van der Waals surface area contributed by atoms with E-state index in [9.17, 15) is 4.79 Å². The Kier molecular flexibility index (Phi) is 5.19. The summed E-state index contributed by atoms with van der Waals surface area (Å²) in [5.41, 5.74) is 10.4. The second-order valence-corrected chi connectivity index (χ2v) is 6.67. The van der Waals surface area contributed by atoms with E-state index in [0.717, 1.165) is 22.5 Å². The Morgan fingerprint density at radius 1 is 1.12 bits per heavy atom. The predicted octanol–water partition coefficient (Wildman–Crippen LogP) is 3.33. The number of primary amides is 1. The van der Waals surface area contributed by atoms with E-state index in [-0.39, 0.29) is 18.5 Å². The fourth-order valence-corrected chi connectivity index (χ4v) is 3.02. The van der Waals surface area contributed by atoms with Gasteiger partial charge in [0.1, 0.15) is 6.54 Å². The van der Waals surface area contributed by atoms with Gasteiger partial charge in [-0.15, -0.1) is 0 Å². The number of nitrogens with zero attached hydrogens (tertiary/aromatic N) is 3. The van der Waals surface area contributed by atoms with E-state index in [2.05, 4.69) is 43.0 Å². The van der Waals surface area contributed by atoms with Crippen LogP contribution in [0.5, 0.6) is 0 Å². The van der Waals surface area contributed by atoms with Crippen LogP contribution in [-0.2, 0) is 11.3 Å². The third kappa shape index (κ3) is 3.68. The molecule has 5 heteroatoms. The Morgan fingerprint density at radius 2 is 1.81 bits per heavy atom. The quantitative estimate of drug-likeness (QED) is 0.743. The van der Waals surface area contributed by atoms with E-state index >= 15 is 0 Å². The second-order valence-electron chi connectivity index (χ2n) is 6.67. The van der Waals surface area contributed by atoms with E-state index in [4.69, 9.17) is 5.73 Å². The molecule has 1 heterocycles. The Labute approximate surface area is 154 Å². The largest absolute Gasteiger partial charge is 0.368 e. The molecule has 0 aliphatic rings. The van der Waals surface area contributed by atoms with E-state index in [1.807, 2.05) is 47.0 Å². The molecule has 0 aliphatic heterocycles. The van der Waals surface area contributed by atoms with Crippen molar-refractivity contribution in [1.29, 1.82) is 0 Å². The van der Waals surface area contributed by atoms with Gasteiger partial charge in [-0.1, -0.05) is 48.5 Å².